The third kappa shape index (κ3) is 18.4. The summed E-state index contributed by atoms with van der Waals surface area (Å²) in [5.74, 6) is -3.02. The van der Waals surface area contributed by atoms with Crippen molar-refractivity contribution in [3.05, 3.63) is 160 Å². The number of rotatable bonds is 32. The van der Waals surface area contributed by atoms with Crippen LogP contribution in [0.1, 0.15) is 159 Å². The standard InChI is InChI=1S/C67H85N17O11/c1-67(2,3)95-66(94)75-48(17-19-70-62(90)52-30-44(37-81(52)9)72-63(91)53-31-45(38-82(53)10)73-64(92)54-32-46(39-83(54)11)74-65(93)61-69-20-23-77(61)5)56(86)33-47-40-84(12)60(71-47)59(89)29-43-26-51(80(8)36-43)58(88)28-42-25-50(79(7)35-42)57(87)27-41-24-49(78(6)34-41)55(85)16-13-14-21-76(4)22-15-18-68/h20,23-26,30-32,34-40,48H,13-19,21-22,27-29,33,68H2,1-12H3,(H,70,90)(H,72,91)(H,73,92)(H,74,93)(H,75,94)/t48-/m1/s1. The molecule has 0 radical (unpaired) electrons. The van der Waals surface area contributed by atoms with Crippen molar-refractivity contribution in [2.24, 2.45) is 62.1 Å². The van der Waals surface area contributed by atoms with Crippen LogP contribution in [0.25, 0.3) is 0 Å². The second kappa shape index (κ2) is 30.5. The van der Waals surface area contributed by atoms with Crippen molar-refractivity contribution in [3.63, 3.8) is 0 Å². The molecule has 0 aromatic carbocycles. The number of Topliss-reactive ketones (excluding diaryl/α,β-unsaturated/α-hetero) is 5. The van der Waals surface area contributed by atoms with Crippen molar-refractivity contribution < 1.29 is 52.7 Å². The third-order valence-corrected chi connectivity index (χ3v) is 15.9. The Bertz CT molecular complexity index is 4200. The maximum absolute atomic E-state index is 14.0. The molecule has 0 saturated carbocycles. The molecule has 0 saturated heterocycles. The molecule has 28 nitrogen and oxygen atoms in total. The van der Waals surface area contributed by atoms with Crippen LogP contribution in [0.2, 0.25) is 0 Å². The van der Waals surface area contributed by atoms with E-state index in [1.165, 1.54) is 44.3 Å². The number of hydrogen-bond donors (Lipinski definition) is 6. The van der Waals surface area contributed by atoms with Gasteiger partial charge in [0.15, 0.2) is 34.8 Å². The number of unbranched alkanes of at least 4 members (excludes halogenated alkanes) is 1. The SMILES string of the molecule is CN(CCCN)CCCCC(=O)c1cc(CC(=O)c2cc(CC(=O)c3cc(CC(=O)c4nc(CC(=O)[C@@H](CCNC(=O)c5cc(NC(=O)c6cc(NC(=O)c7cc(NC(=O)c8nccn8C)cn7C)cn6C)cn5C)NC(=O)OC(C)(C)C)cn4C)cn3C)cn2C)cn1C. The Balaban J connectivity index is 0.823. The minimum absolute atomic E-state index is 0.0101. The van der Waals surface area contributed by atoms with Gasteiger partial charge in [-0.15, -0.1) is 0 Å². The Labute approximate surface area is 550 Å². The van der Waals surface area contributed by atoms with E-state index in [2.05, 4.69) is 41.5 Å². The van der Waals surface area contributed by atoms with Gasteiger partial charge in [-0.05, 0) is 126 Å². The fourth-order valence-electron chi connectivity index (χ4n) is 11.2. The van der Waals surface area contributed by atoms with Crippen molar-refractivity contribution >= 4 is 75.7 Å². The number of alkyl carbamates (subject to hydrolysis) is 1. The van der Waals surface area contributed by atoms with Crippen LogP contribution in [-0.4, -0.2) is 155 Å². The van der Waals surface area contributed by atoms with E-state index in [1.54, 1.807) is 162 Å². The zero-order valence-corrected chi connectivity index (χ0v) is 55.9. The number of ketones is 5. The molecule has 0 aliphatic heterocycles. The molecule has 0 fully saturated rings. The highest BCUT2D eigenvalue weighted by Gasteiger charge is 2.28. The van der Waals surface area contributed by atoms with E-state index in [9.17, 15) is 47.9 Å². The smallest absolute Gasteiger partial charge is 0.408 e. The predicted octanol–water partition coefficient (Wildman–Crippen LogP) is 5.68. The van der Waals surface area contributed by atoms with Gasteiger partial charge in [0.25, 0.3) is 23.6 Å². The highest BCUT2D eigenvalue weighted by molar-refractivity contribution is 6.09. The zero-order chi connectivity index (χ0) is 69.2. The monoisotopic (exact) mass is 1300 g/mol. The second-order valence-electron chi connectivity index (χ2n) is 25.1. The number of imidazole rings is 2. The number of aromatic nitrogens is 10. The normalized spacial score (nSPS) is 11.8. The molecule has 28 heteroatoms. The summed E-state index contributed by atoms with van der Waals surface area (Å²) < 4.78 is 18.2. The van der Waals surface area contributed by atoms with Gasteiger partial charge >= 0.3 is 6.09 Å². The summed E-state index contributed by atoms with van der Waals surface area (Å²) >= 11 is 0. The van der Waals surface area contributed by atoms with Crippen LogP contribution in [0.15, 0.2) is 92.2 Å². The van der Waals surface area contributed by atoms with Crippen molar-refractivity contribution in [1.82, 2.24) is 62.0 Å². The number of carbonyl (C=O) groups excluding carboxylic acids is 10. The maximum atomic E-state index is 14.0. The lowest BCUT2D eigenvalue weighted by atomic mass is 10.0. The highest BCUT2D eigenvalue weighted by Crippen LogP contribution is 2.23. The van der Waals surface area contributed by atoms with Gasteiger partial charge in [-0.1, -0.05) is 0 Å². The first-order chi connectivity index (χ1) is 44.9. The van der Waals surface area contributed by atoms with Crippen LogP contribution in [-0.2, 0) is 91.6 Å². The van der Waals surface area contributed by atoms with Crippen molar-refractivity contribution in [1.29, 1.82) is 0 Å². The Kier molecular flexibility index (Phi) is 22.6. The van der Waals surface area contributed by atoms with Crippen LogP contribution in [0.5, 0.6) is 0 Å². The number of anilines is 3. The molecule has 0 aliphatic carbocycles. The molecule has 504 valence electrons. The molecule has 0 unspecified atom stereocenters. The average molecular weight is 1300 g/mol. The van der Waals surface area contributed by atoms with Gasteiger partial charge in [-0.25, -0.2) is 14.8 Å². The van der Waals surface area contributed by atoms with Gasteiger partial charge in [0, 0.05) is 144 Å². The lowest BCUT2D eigenvalue weighted by molar-refractivity contribution is -0.120. The van der Waals surface area contributed by atoms with E-state index in [0.29, 0.717) is 58.1 Å². The molecular formula is C67H85N17O11. The lowest BCUT2D eigenvalue weighted by Gasteiger charge is -2.23. The van der Waals surface area contributed by atoms with E-state index >= 15 is 0 Å². The second-order valence-corrected chi connectivity index (χ2v) is 25.1. The minimum atomic E-state index is -1.17. The lowest BCUT2D eigenvalue weighted by Crippen LogP contribution is -2.45. The number of amides is 5. The quantitative estimate of drug-likeness (QED) is 0.0218. The number of nitrogens with zero attached hydrogens (tertiary/aromatic N) is 11. The summed E-state index contributed by atoms with van der Waals surface area (Å²) in [5.41, 5.74) is 9.74. The van der Waals surface area contributed by atoms with E-state index < -0.39 is 47.1 Å². The Morgan fingerprint density at radius 1 is 0.516 bits per heavy atom. The molecular weight excluding hydrogens is 1220 g/mol. The average Bonchev–Trinajstić information content (AvgIpc) is 1.70. The molecule has 5 amide bonds. The molecule has 8 aromatic rings. The summed E-state index contributed by atoms with van der Waals surface area (Å²) in [6.07, 6.45) is 16.3. The van der Waals surface area contributed by atoms with Crippen molar-refractivity contribution in [2.75, 3.05) is 49.2 Å². The van der Waals surface area contributed by atoms with Gasteiger partial charge in [0.05, 0.1) is 52.3 Å². The van der Waals surface area contributed by atoms with Gasteiger partial charge in [-0.2, -0.15) is 0 Å². The van der Waals surface area contributed by atoms with Crippen molar-refractivity contribution in [3.8, 4) is 0 Å². The first-order valence-electron chi connectivity index (χ1n) is 31.1. The topological polar surface area (TPSA) is 335 Å². The van der Waals surface area contributed by atoms with E-state index in [-0.39, 0.29) is 102 Å². The fraction of sp³-hybridized carbons (Fsp3) is 0.403. The number of ether oxygens (including phenoxy) is 1. The molecule has 8 heterocycles. The van der Waals surface area contributed by atoms with Crippen LogP contribution in [0, 0.1) is 0 Å². The number of aryl methyl sites for hydroxylation is 8. The summed E-state index contributed by atoms with van der Waals surface area (Å²) in [6, 6.07) is 8.42. The van der Waals surface area contributed by atoms with Crippen LogP contribution in [0.4, 0.5) is 21.9 Å². The summed E-state index contributed by atoms with van der Waals surface area (Å²) in [7, 11) is 15.5. The van der Waals surface area contributed by atoms with E-state index in [0.717, 1.165) is 32.4 Å². The highest BCUT2D eigenvalue weighted by atomic mass is 16.6. The minimum Gasteiger partial charge on any atom is -0.444 e. The van der Waals surface area contributed by atoms with Crippen LogP contribution in [0.3, 0.4) is 0 Å². The van der Waals surface area contributed by atoms with Gasteiger partial charge in [-0.3, -0.25) is 43.2 Å². The Morgan fingerprint density at radius 3 is 1.46 bits per heavy atom. The Morgan fingerprint density at radius 2 is 0.979 bits per heavy atom. The van der Waals surface area contributed by atoms with Gasteiger partial charge in [0.2, 0.25) is 5.78 Å². The molecule has 1 atom stereocenters. The van der Waals surface area contributed by atoms with Crippen molar-refractivity contribution in [2.45, 2.75) is 90.2 Å². The first kappa shape index (κ1) is 70.4. The predicted molar refractivity (Wildman–Crippen MR) is 355 cm³/mol. The maximum Gasteiger partial charge on any atom is 0.408 e. The number of carbonyl (C=O) groups is 10. The molecule has 0 spiro atoms. The van der Waals surface area contributed by atoms with Gasteiger partial charge in [0.1, 0.15) is 22.7 Å². The van der Waals surface area contributed by atoms with Crippen LogP contribution >= 0.6 is 0 Å². The third-order valence-electron chi connectivity index (χ3n) is 15.9. The van der Waals surface area contributed by atoms with E-state index in [1.807, 2.05) is 7.05 Å². The molecule has 0 aliphatic rings. The van der Waals surface area contributed by atoms with Crippen LogP contribution < -0.4 is 32.3 Å². The molecule has 8 rings (SSSR count). The first-order valence-corrected chi connectivity index (χ1v) is 31.1. The number of nitrogens with two attached hydrogens (primary N) is 1. The summed E-state index contributed by atoms with van der Waals surface area (Å²) in [4.78, 5) is 146. The summed E-state index contributed by atoms with van der Waals surface area (Å²) in [5, 5.41) is 13.7. The fourth-order valence-corrected chi connectivity index (χ4v) is 11.2. The number of hydrogen-bond acceptors (Lipinski definition) is 15. The Hall–Kier alpha value is -10.5. The zero-order valence-electron chi connectivity index (χ0n) is 55.9. The molecule has 7 N–H and O–H groups in total. The molecule has 95 heavy (non-hydrogen) atoms. The van der Waals surface area contributed by atoms with Gasteiger partial charge < -0.3 is 78.5 Å². The number of nitrogens with one attached hydrogen (secondary N) is 5. The molecule has 8 aromatic heterocycles. The largest absolute Gasteiger partial charge is 0.444 e. The molecule has 0 bridgehead atoms. The summed E-state index contributed by atoms with van der Waals surface area (Å²) in [6.45, 7) is 7.38. The van der Waals surface area contributed by atoms with E-state index in [4.69, 9.17) is 10.5 Å².